The summed E-state index contributed by atoms with van der Waals surface area (Å²) in [6, 6.07) is 15.6. The first-order valence-corrected chi connectivity index (χ1v) is 5.00. The lowest BCUT2D eigenvalue weighted by Gasteiger charge is -2.09. The largest absolute Gasteiger partial charge is 0.324 e. The average molecular weight is 219 g/mol. The molecule has 0 radical (unpaired) electrons. The minimum atomic E-state index is 0.702. The third-order valence-electron chi connectivity index (χ3n) is 2.22. The average Bonchev–Trinajstić information content (AvgIpc) is 2.30. The molecule has 0 unspecified atom stereocenters. The third-order valence-corrected chi connectivity index (χ3v) is 2.46. The molecule has 2 aromatic rings. The zero-order valence-electron chi connectivity index (χ0n) is 8.07. The Morgan fingerprint density at radius 3 is 2.40 bits per heavy atom. The van der Waals surface area contributed by atoms with E-state index in [0.717, 1.165) is 16.8 Å². The van der Waals surface area contributed by atoms with Crippen molar-refractivity contribution in [2.24, 2.45) is 5.84 Å². The molecule has 0 aliphatic rings. The molecule has 0 aromatic heterocycles. The first-order valence-electron chi connectivity index (χ1n) is 4.63. The van der Waals surface area contributed by atoms with Gasteiger partial charge in [0, 0.05) is 10.6 Å². The van der Waals surface area contributed by atoms with Gasteiger partial charge in [0.05, 0.1) is 5.69 Å². The second kappa shape index (κ2) is 4.34. The molecule has 0 spiro atoms. The van der Waals surface area contributed by atoms with Crippen LogP contribution in [0.5, 0.6) is 0 Å². The highest BCUT2D eigenvalue weighted by atomic mass is 35.5. The van der Waals surface area contributed by atoms with E-state index in [1.54, 1.807) is 0 Å². The summed E-state index contributed by atoms with van der Waals surface area (Å²) in [6.45, 7) is 0. The number of nitrogens with two attached hydrogens (primary N) is 1. The minimum absolute atomic E-state index is 0.702. The third kappa shape index (κ3) is 2.12. The Labute approximate surface area is 93.7 Å². The Bertz CT molecular complexity index is 454. The van der Waals surface area contributed by atoms with Gasteiger partial charge in [-0.15, -0.1) is 0 Å². The first kappa shape index (κ1) is 10.0. The van der Waals surface area contributed by atoms with Crippen LogP contribution < -0.4 is 11.3 Å². The van der Waals surface area contributed by atoms with Gasteiger partial charge in [0.15, 0.2) is 0 Å². The summed E-state index contributed by atoms with van der Waals surface area (Å²) in [5, 5.41) is 0.702. The number of hydrazine groups is 1. The maximum Gasteiger partial charge on any atom is 0.0564 e. The van der Waals surface area contributed by atoms with E-state index >= 15 is 0 Å². The van der Waals surface area contributed by atoms with Crippen LogP contribution in [0.3, 0.4) is 0 Å². The van der Waals surface area contributed by atoms with Crippen LogP contribution in [-0.4, -0.2) is 0 Å². The standard InChI is InChI=1S/C12H11ClN2/c13-10-6-7-12(15-14)11(8-10)9-4-2-1-3-5-9/h1-8,15H,14H2. The van der Waals surface area contributed by atoms with Crippen molar-refractivity contribution in [3.63, 3.8) is 0 Å². The van der Waals surface area contributed by atoms with Gasteiger partial charge in [0.25, 0.3) is 0 Å². The number of halogens is 1. The molecular formula is C12H11ClN2. The normalized spacial score (nSPS) is 10.0. The molecule has 0 saturated carbocycles. The van der Waals surface area contributed by atoms with Crippen molar-refractivity contribution >= 4 is 17.3 Å². The summed E-state index contributed by atoms with van der Waals surface area (Å²) in [5.74, 6) is 5.44. The first-order chi connectivity index (χ1) is 7.31. The predicted molar refractivity (Wildman–Crippen MR) is 64.7 cm³/mol. The zero-order valence-corrected chi connectivity index (χ0v) is 8.83. The number of hydrogen-bond acceptors (Lipinski definition) is 2. The van der Waals surface area contributed by atoms with Crippen molar-refractivity contribution in [1.29, 1.82) is 0 Å². The SMILES string of the molecule is NNc1ccc(Cl)cc1-c1ccccc1. The van der Waals surface area contributed by atoms with Crippen LogP contribution in [0.2, 0.25) is 5.02 Å². The van der Waals surface area contributed by atoms with Crippen molar-refractivity contribution in [2.75, 3.05) is 5.43 Å². The molecule has 0 aliphatic heterocycles. The van der Waals surface area contributed by atoms with Crippen LogP contribution in [-0.2, 0) is 0 Å². The molecule has 15 heavy (non-hydrogen) atoms. The fourth-order valence-corrected chi connectivity index (χ4v) is 1.67. The van der Waals surface area contributed by atoms with Crippen LogP contribution in [0, 0.1) is 0 Å². The van der Waals surface area contributed by atoms with Crippen molar-refractivity contribution in [2.45, 2.75) is 0 Å². The van der Waals surface area contributed by atoms with Gasteiger partial charge in [-0.2, -0.15) is 0 Å². The van der Waals surface area contributed by atoms with E-state index < -0.39 is 0 Å². The minimum Gasteiger partial charge on any atom is -0.324 e. The molecule has 0 fully saturated rings. The predicted octanol–water partition coefficient (Wildman–Crippen LogP) is 3.29. The molecule has 76 valence electrons. The van der Waals surface area contributed by atoms with Crippen LogP contribution in [0.25, 0.3) is 11.1 Å². The van der Waals surface area contributed by atoms with E-state index in [4.69, 9.17) is 17.4 Å². The van der Waals surface area contributed by atoms with Crippen molar-refractivity contribution in [1.82, 2.24) is 0 Å². The molecule has 0 amide bonds. The fraction of sp³-hybridized carbons (Fsp3) is 0. The summed E-state index contributed by atoms with van der Waals surface area (Å²) >= 11 is 5.96. The Morgan fingerprint density at radius 1 is 1.00 bits per heavy atom. The van der Waals surface area contributed by atoms with Crippen LogP contribution in [0.1, 0.15) is 0 Å². The van der Waals surface area contributed by atoms with Gasteiger partial charge >= 0.3 is 0 Å². The smallest absolute Gasteiger partial charge is 0.0564 e. The topological polar surface area (TPSA) is 38.0 Å². The van der Waals surface area contributed by atoms with E-state index in [1.807, 2.05) is 48.5 Å². The molecule has 3 heteroatoms. The van der Waals surface area contributed by atoms with Gasteiger partial charge < -0.3 is 5.43 Å². The van der Waals surface area contributed by atoms with E-state index in [9.17, 15) is 0 Å². The number of rotatable bonds is 2. The monoisotopic (exact) mass is 218 g/mol. The van der Waals surface area contributed by atoms with Gasteiger partial charge in [0.2, 0.25) is 0 Å². The van der Waals surface area contributed by atoms with E-state index in [-0.39, 0.29) is 0 Å². The van der Waals surface area contributed by atoms with Crippen molar-refractivity contribution in [3.8, 4) is 11.1 Å². The Morgan fingerprint density at radius 2 is 1.73 bits per heavy atom. The number of benzene rings is 2. The van der Waals surface area contributed by atoms with Crippen LogP contribution in [0.4, 0.5) is 5.69 Å². The summed E-state index contributed by atoms with van der Waals surface area (Å²) in [7, 11) is 0. The Hall–Kier alpha value is -1.51. The number of nitrogen functional groups attached to an aromatic ring is 1. The summed E-state index contributed by atoms with van der Waals surface area (Å²) in [6.07, 6.45) is 0. The highest BCUT2D eigenvalue weighted by Gasteiger charge is 2.03. The molecule has 0 heterocycles. The van der Waals surface area contributed by atoms with Gasteiger partial charge in [-0.1, -0.05) is 41.9 Å². The van der Waals surface area contributed by atoms with E-state index in [0.29, 0.717) is 5.02 Å². The van der Waals surface area contributed by atoms with Crippen LogP contribution >= 0.6 is 11.6 Å². The van der Waals surface area contributed by atoms with Crippen LogP contribution in [0.15, 0.2) is 48.5 Å². The molecule has 0 bridgehead atoms. The summed E-state index contributed by atoms with van der Waals surface area (Å²) in [5.41, 5.74) is 5.62. The lowest BCUT2D eigenvalue weighted by molar-refractivity contribution is 1.35. The van der Waals surface area contributed by atoms with Gasteiger partial charge in [-0.3, -0.25) is 5.84 Å². The summed E-state index contributed by atoms with van der Waals surface area (Å²) in [4.78, 5) is 0. The highest BCUT2D eigenvalue weighted by molar-refractivity contribution is 6.31. The molecular weight excluding hydrogens is 208 g/mol. The molecule has 2 rings (SSSR count). The quantitative estimate of drug-likeness (QED) is 0.600. The number of nitrogens with one attached hydrogen (secondary N) is 1. The van der Waals surface area contributed by atoms with Gasteiger partial charge in [-0.25, -0.2) is 0 Å². The molecule has 2 aromatic carbocycles. The van der Waals surface area contributed by atoms with Crippen molar-refractivity contribution < 1.29 is 0 Å². The van der Waals surface area contributed by atoms with E-state index in [1.165, 1.54) is 0 Å². The van der Waals surface area contributed by atoms with Gasteiger partial charge in [0.1, 0.15) is 0 Å². The second-order valence-electron chi connectivity index (χ2n) is 3.20. The maximum atomic E-state index is 5.96. The van der Waals surface area contributed by atoms with Gasteiger partial charge in [-0.05, 0) is 23.8 Å². The Balaban J connectivity index is 2.56. The summed E-state index contributed by atoms with van der Waals surface area (Å²) < 4.78 is 0. The lowest BCUT2D eigenvalue weighted by atomic mass is 10.0. The second-order valence-corrected chi connectivity index (χ2v) is 3.64. The molecule has 2 nitrogen and oxygen atoms in total. The maximum absolute atomic E-state index is 5.96. The molecule has 0 atom stereocenters. The molecule has 3 N–H and O–H groups in total. The highest BCUT2D eigenvalue weighted by Crippen LogP contribution is 2.29. The van der Waals surface area contributed by atoms with E-state index in [2.05, 4.69) is 5.43 Å². The molecule has 0 saturated heterocycles. The zero-order chi connectivity index (χ0) is 10.7. The molecule has 0 aliphatic carbocycles. The number of anilines is 1. The van der Waals surface area contributed by atoms with Crippen molar-refractivity contribution in [3.05, 3.63) is 53.6 Å². The Kier molecular flexibility index (Phi) is 2.90. The lowest BCUT2D eigenvalue weighted by Crippen LogP contribution is -2.07. The number of hydrogen-bond donors (Lipinski definition) is 2. The fourth-order valence-electron chi connectivity index (χ4n) is 1.50.